The molecule has 0 fully saturated rings. The zero-order chi connectivity index (χ0) is 14.7. The highest BCUT2D eigenvalue weighted by Gasteiger charge is 2.16. The first kappa shape index (κ1) is 14.2. The van der Waals surface area contributed by atoms with Gasteiger partial charge in [0.15, 0.2) is 15.8 Å². The first-order valence-electron chi connectivity index (χ1n) is 6.34. The van der Waals surface area contributed by atoms with Crippen molar-refractivity contribution in [1.82, 2.24) is 10.2 Å². The Morgan fingerprint density at radius 2 is 2.14 bits per heavy atom. The zero-order valence-corrected chi connectivity index (χ0v) is 12.8. The van der Waals surface area contributed by atoms with Crippen molar-refractivity contribution >= 4 is 29.1 Å². The van der Waals surface area contributed by atoms with Crippen LogP contribution in [0.15, 0.2) is 27.4 Å². The van der Waals surface area contributed by atoms with Crippen LogP contribution in [0.2, 0.25) is 0 Å². The summed E-state index contributed by atoms with van der Waals surface area (Å²) in [6.45, 7) is 3.19. The maximum atomic E-state index is 11.5. The molecule has 1 aliphatic rings. The molecule has 0 aliphatic carbocycles. The summed E-state index contributed by atoms with van der Waals surface area (Å²) in [4.78, 5) is 12.5. The fourth-order valence-electron chi connectivity index (χ4n) is 1.71. The average Bonchev–Trinajstić information content (AvgIpc) is 2.96. The number of carbonyl (C=O) groups is 1. The standard InChI is InChI=1S/C13H12N2O4S2/c1-2-17-12(16)11-14-15-13(21-11)20-8-3-4-9-10(7-8)19-6-5-18-9/h3-4,7H,2,5-6H2,1H3. The topological polar surface area (TPSA) is 70.5 Å². The molecule has 0 amide bonds. The van der Waals surface area contributed by atoms with E-state index in [9.17, 15) is 4.79 Å². The van der Waals surface area contributed by atoms with Gasteiger partial charge in [0.25, 0.3) is 0 Å². The van der Waals surface area contributed by atoms with Gasteiger partial charge < -0.3 is 14.2 Å². The second-order valence-corrected chi connectivity index (χ2v) is 6.30. The minimum Gasteiger partial charge on any atom is -0.486 e. The molecule has 0 N–H and O–H groups in total. The predicted octanol–water partition coefficient (Wildman–Crippen LogP) is 2.64. The third-order valence-corrected chi connectivity index (χ3v) is 4.52. The van der Waals surface area contributed by atoms with Crippen molar-refractivity contribution in [2.45, 2.75) is 16.2 Å². The van der Waals surface area contributed by atoms with Crippen molar-refractivity contribution < 1.29 is 19.0 Å². The summed E-state index contributed by atoms with van der Waals surface area (Å²) in [5.41, 5.74) is 0. The van der Waals surface area contributed by atoms with Gasteiger partial charge in [0.1, 0.15) is 13.2 Å². The van der Waals surface area contributed by atoms with Gasteiger partial charge in [-0.3, -0.25) is 0 Å². The highest BCUT2D eigenvalue weighted by molar-refractivity contribution is 8.01. The van der Waals surface area contributed by atoms with Crippen molar-refractivity contribution in [2.24, 2.45) is 0 Å². The number of fused-ring (bicyclic) bond motifs is 1. The highest BCUT2D eigenvalue weighted by atomic mass is 32.2. The quantitative estimate of drug-likeness (QED) is 0.801. The fourth-order valence-corrected chi connectivity index (χ4v) is 3.46. The lowest BCUT2D eigenvalue weighted by Gasteiger charge is -2.18. The molecular formula is C13H12N2O4S2. The number of ether oxygens (including phenoxy) is 3. The van der Waals surface area contributed by atoms with E-state index in [0.717, 1.165) is 16.4 Å². The molecule has 21 heavy (non-hydrogen) atoms. The molecule has 8 heteroatoms. The monoisotopic (exact) mass is 324 g/mol. The molecule has 6 nitrogen and oxygen atoms in total. The van der Waals surface area contributed by atoms with Crippen LogP contribution in [-0.4, -0.2) is 36.0 Å². The van der Waals surface area contributed by atoms with Crippen molar-refractivity contribution in [3.63, 3.8) is 0 Å². The van der Waals surface area contributed by atoms with Crippen molar-refractivity contribution in [1.29, 1.82) is 0 Å². The summed E-state index contributed by atoms with van der Waals surface area (Å²) in [5.74, 6) is 1.03. The summed E-state index contributed by atoms with van der Waals surface area (Å²) >= 11 is 2.63. The number of hydrogen-bond acceptors (Lipinski definition) is 8. The van der Waals surface area contributed by atoms with E-state index in [2.05, 4.69) is 10.2 Å². The SMILES string of the molecule is CCOC(=O)c1nnc(Sc2ccc3c(c2)OCCO3)s1. The molecule has 1 aromatic heterocycles. The second-order valence-electron chi connectivity index (χ2n) is 4.00. The maximum absolute atomic E-state index is 11.5. The first-order valence-corrected chi connectivity index (χ1v) is 7.97. The number of carbonyl (C=O) groups excluding carboxylic acids is 1. The number of nitrogens with zero attached hydrogens (tertiary/aromatic N) is 2. The molecule has 0 spiro atoms. The fraction of sp³-hybridized carbons (Fsp3) is 0.308. The zero-order valence-electron chi connectivity index (χ0n) is 11.2. The molecule has 0 saturated heterocycles. The molecule has 0 radical (unpaired) electrons. The Bertz CT molecular complexity index is 659. The summed E-state index contributed by atoms with van der Waals surface area (Å²) in [5, 5.41) is 8.08. The Hall–Kier alpha value is -1.80. The molecule has 0 unspecified atom stereocenters. The van der Waals surface area contributed by atoms with Gasteiger partial charge in [-0.1, -0.05) is 23.1 Å². The van der Waals surface area contributed by atoms with Crippen LogP contribution in [0.25, 0.3) is 0 Å². The molecule has 2 heterocycles. The van der Waals surface area contributed by atoms with Crippen LogP contribution in [0.1, 0.15) is 16.7 Å². The van der Waals surface area contributed by atoms with E-state index in [1.165, 1.54) is 23.1 Å². The van der Waals surface area contributed by atoms with Gasteiger partial charge in [-0.15, -0.1) is 10.2 Å². The van der Waals surface area contributed by atoms with E-state index < -0.39 is 5.97 Å². The third-order valence-electron chi connectivity index (χ3n) is 2.58. The van der Waals surface area contributed by atoms with Crippen LogP contribution < -0.4 is 9.47 Å². The Morgan fingerprint density at radius 3 is 2.95 bits per heavy atom. The van der Waals surface area contributed by atoms with Crippen LogP contribution >= 0.6 is 23.1 Å². The van der Waals surface area contributed by atoms with Gasteiger partial charge >= 0.3 is 5.97 Å². The van der Waals surface area contributed by atoms with Crippen LogP contribution in [0.5, 0.6) is 11.5 Å². The lowest BCUT2D eigenvalue weighted by molar-refractivity contribution is 0.0525. The van der Waals surface area contributed by atoms with Gasteiger partial charge in [-0.25, -0.2) is 4.79 Å². The van der Waals surface area contributed by atoms with E-state index >= 15 is 0 Å². The van der Waals surface area contributed by atoms with Crippen LogP contribution in [-0.2, 0) is 4.74 Å². The lowest BCUT2D eigenvalue weighted by Crippen LogP contribution is -2.15. The van der Waals surface area contributed by atoms with Crippen molar-refractivity contribution in [2.75, 3.05) is 19.8 Å². The summed E-state index contributed by atoms with van der Waals surface area (Å²) < 4.78 is 16.6. The minimum atomic E-state index is -0.441. The molecule has 0 atom stereocenters. The minimum absolute atomic E-state index is 0.261. The van der Waals surface area contributed by atoms with Crippen LogP contribution in [0.4, 0.5) is 0 Å². The number of esters is 1. The Kier molecular flexibility index (Phi) is 4.26. The molecule has 1 aliphatic heterocycles. The van der Waals surface area contributed by atoms with Gasteiger partial charge in [-0.05, 0) is 25.1 Å². The largest absolute Gasteiger partial charge is 0.486 e. The summed E-state index contributed by atoms with van der Waals surface area (Å²) in [6, 6.07) is 5.68. The van der Waals surface area contributed by atoms with Gasteiger partial charge in [-0.2, -0.15) is 0 Å². The number of aromatic nitrogens is 2. The Morgan fingerprint density at radius 1 is 1.33 bits per heavy atom. The normalized spacial score (nSPS) is 13.0. The van der Waals surface area contributed by atoms with Gasteiger partial charge in [0.05, 0.1) is 6.61 Å². The van der Waals surface area contributed by atoms with E-state index in [1.807, 2.05) is 18.2 Å². The molecule has 0 bridgehead atoms. The summed E-state index contributed by atoms with van der Waals surface area (Å²) in [6.07, 6.45) is 0. The second kappa shape index (κ2) is 6.31. The van der Waals surface area contributed by atoms with E-state index in [-0.39, 0.29) is 5.01 Å². The number of hydrogen-bond donors (Lipinski definition) is 0. The third kappa shape index (κ3) is 3.27. The number of rotatable bonds is 4. The molecule has 1 aromatic carbocycles. The van der Waals surface area contributed by atoms with Crippen LogP contribution in [0.3, 0.4) is 0 Å². The predicted molar refractivity (Wildman–Crippen MR) is 77.4 cm³/mol. The Labute approximate surface area is 129 Å². The van der Waals surface area contributed by atoms with Gasteiger partial charge in [0.2, 0.25) is 5.01 Å². The molecular weight excluding hydrogens is 312 g/mol. The van der Waals surface area contributed by atoms with Gasteiger partial charge in [0, 0.05) is 4.90 Å². The smallest absolute Gasteiger partial charge is 0.369 e. The molecule has 3 rings (SSSR count). The van der Waals surface area contributed by atoms with Crippen molar-refractivity contribution in [3.8, 4) is 11.5 Å². The van der Waals surface area contributed by atoms with E-state index in [1.54, 1.807) is 6.92 Å². The Balaban J connectivity index is 1.73. The molecule has 2 aromatic rings. The highest BCUT2D eigenvalue weighted by Crippen LogP contribution is 2.37. The number of benzene rings is 1. The average molecular weight is 324 g/mol. The van der Waals surface area contributed by atoms with E-state index in [4.69, 9.17) is 14.2 Å². The maximum Gasteiger partial charge on any atom is 0.369 e. The van der Waals surface area contributed by atoms with E-state index in [0.29, 0.717) is 24.2 Å². The molecule has 0 saturated carbocycles. The van der Waals surface area contributed by atoms with Crippen molar-refractivity contribution in [3.05, 3.63) is 23.2 Å². The lowest BCUT2D eigenvalue weighted by atomic mass is 10.3. The molecule has 110 valence electrons. The summed E-state index contributed by atoms with van der Waals surface area (Å²) in [7, 11) is 0. The van der Waals surface area contributed by atoms with Crippen LogP contribution in [0, 0.1) is 0 Å². The first-order chi connectivity index (χ1) is 10.3.